The number of piperazine rings is 1. The Morgan fingerprint density at radius 3 is 2.38 bits per heavy atom. The van der Waals surface area contributed by atoms with Crippen LogP contribution in [0.2, 0.25) is 5.02 Å². The molecule has 0 radical (unpaired) electrons. The molecule has 168 valence electrons. The summed E-state index contributed by atoms with van der Waals surface area (Å²) in [6.45, 7) is 8.98. The van der Waals surface area contributed by atoms with Crippen LogP contribution in [0.1, 0.15) is 19.4 Å². The minimum Gasteiger partial charge on any atom is -0.339 e. The van der Waals surface area contributed by atoms with Gasteiger partial charge in [0.2, 0.25) is 5.91 Å². The fraction of sp³-hybridized carbons (Fsp3) is 0.375. The van der Waals surface area contributed by atoms with Gasteiger partial charge < -0.3 is 9.47 Å². The first-order valence-electron chi connectivity index (χ1n) is 11.0. The molecular weight excluding hydrogens is 442 g/mol. The molecular formula is C24H28ClN5OS. The van der Waals surface area contributed by atoms with Gasteiger partial charge >= 0.3 is 0 Å². The lowest BCUT2D eigenvalue weighted by atomic mass is 10.2. The van der Waals surface area contributed by atoms with Crippen molar-refractivity contribution in [3.8, 4) is 11.4 Å². The smallest absolute Gasteiger partial charge is 0.235 e. The molecule has 1 amide bonds. The maximum Gasteiger partial charge on any atom is 0.235 e. The van der Waals surface area contributed by atoms with Gasteiger partial charge in [-0.15, -0.1) is 10.2 Å². The normalized spacial score (nSPS) is 15.7. The number of amides is 1. The zero-order chi connectivity index (χ0) is 22.5. The van der Waals surface area contributed by atoms with E-state index in [-0.39, 0.29) is 11.2 Å². The number of thioether (sulfide) groups is 1. The molecule has 0 spiro atoms. The van der Waals surface area contributed by atoms with Gasteiger partial charge in [-0.1, -0.05) is 53.7 Å². The molecule has 3 aromatic rings. The average Bonchev–Trinajstić information content (AvgIpc) is 3.22. The fourth-order valence-electron chi connectivity index (χ4n) is 3.91. The summed E-state index contributed by atoms with van der Waals surface area (Å²) in [5.74, 6) is 0.953. The summed E-state index contributed by atoms with van der Waals surface area (Å²) in [6.07, 6.45) is 0. The Morgan fingerprint density at radius 2 is 1.72 bits per heavy atom. The number of benzene rings is 2. The topological polar surface area (TPSA) is 54.3 Å². The quantitative estimate of drug-likeness (QED) is 0.479. The highest BCUT2D eigenvalue weighted by molar-refractivity contribution is 8.00. The predicted molar refractivity (Wildman–Crippen MR) is 130 cm³/mol. The fourth-order valence-corrected chi connectivity index (χ4v) is 5.03. The van der Waals surface area contributed by atoms with E-state index in [1.807, 2.05) is 42.2 Å². The largest absolute Gasteiger partial charge is 0.339 e. The van der Waals surface area contributed by atoms with E-state index in [0.717, 1.165) is 55.8 Å². The highest BCUT2D eigenvalue weighted by atomic mass is 35.5. The van der Waals surface area contributed by atoms with Crippen molar-refractivity contribution >= 4 is 29.3 Å². The summed E-state index contributed by atoms with van der Waals surface area (Å²) >= 11 is 7.49. The van der Waals surface area contributed by atoms with Crippen molar-refractivity contribution in [3.63, 3.8) is 0 Å². The molecule has 0 aliphatic carbocycles. The second kappa shape index (κ2) is 10.5. The van der Waals surface area contributed by atoms with Gasteiger partial charge in [-0.25, -0.2) is 0 Å². The molecule has 1 aliphatic rings. The second-order valence-corrected chi connectivity index (χ2v) is 9.65. The van der Waals surface area contributed by atoms with E-state index in [9.17, 15) is 4.79 Å². The number of carbonyl (C=O) groups excluding carboxylic acids is 1. The first kappa shape index (κ1) is 22.8. The third-order valence-electron chi connectivity index (χ3n) is 5.70. The summed E-state index contributed by atoms with van der Waals surface area (Å²) in [4.78, 5) is 17.5. The molecule has 0 bridgehead atoms. The van der Waals surface area contributed by atoms with Crippen molar-refractivity contribution in [2.24, 2.45) is 0 Å². The van der Waals surface area contributed by atoms with Gasteiger partial charge in [0, 0.05) is 49.9 Å². The van der Waals surface area contributed by atoms with Crippen LogP contribution in [-0.4, -0.2) is 61.9 Å². The molecule has 1 fully saturated rings. The van der Waals surface area contributed by atoms with Crippen LogP contribution in [0.3, 0.4) is 0 Å². The van der Waals surface area contributed by atoms with Crippen molar-refractivity contribution in [3.05, 3.63) is 65.2 Å². The maximum atomic E-state index is 13.1. The van der Waals surface area contributed by atoms with Crippen LogP contribution in [0.4, 0.5) is 0 Å². The molecule has 2 aromatic carbocycles. The van der Waals surface area contributed by atoms with Crippen molar-refractivity contribution in [1.29, 1.82) is 0 Å². The van der Waals surface area contributed by atoms with E-state index in [4.69, 9.17) is 11.6 Å². The van der Waals surface area contributed by atoms with Gasteiger partial charge in [0.1, 0.15) is 0 Å². The lowest BCUT2D eigenvalue weighted by Gasteiger charge is -2.35. The summed E-state index contributed by atoms with van der Waals surface area (Å²) in [5.41, 5.74) is 2.27. The van der Waals surface area contributed by atoms with Crippen molar-refractivity contribution in [2.75, 3.05) is 26.2 Å². The number of rotatable bonds is 7. The molecule has 6 nitrogen and oxygen atoms in total. The van der Waals surface area contributed by atoms with E-state index in [0.29, 0.717) is 5.02 Å². The Morgan fingerprint density at radius 1 is 1.03 bits per heavy atom. The number of nitrogens with zero attached hydrogens (tertiary/aromatic N) is 5. The van der Waals surface area contributed by atoms with Crippen LogP contribution < -0.4 is 0 Å². The van der Waals surface area contributed by atoms with Gasteiger partial charge in [0.15, 0.2) is 11.0 Å². The lowest BCUT2D eigenvalue weighted by Crippen LogP contribution is -2.50. The Labute approximate surface area is 198 Å². The first-order chi connectivity index (χ1) is 15.5. The van der Waals surface area contributed by atoms with Gasteiger partial charge in [0.05, 0.1) is 5.25 Å². The number of halogens is 1. The summed E-state index contributed by atoms with van der Waals surface area (Å²) in [5, 5.41) is 9.99. The lowest BCUT2D eigenvalue weighted by molar-refractivity contribution is -0.132. The van der Waals surface area contributed by atoms with Crippen LogP contribution in [0.25, 0.3) is 11.4 Å². The van der Waals surface area contributed by atoms with Crippen molar-refractivity contribution < 1.29 is 4.79 Å². The monoisotopic (exact) mass is 469 g/mol. The van der Waals surface area contributed by atoms with Gasteiger partial charge in [-0.05, 0) is 43.7 Å². The van der Waals surface area contributed by atoms with Crippen molar-refractivity contribution in [2.45, 2.75) is 37.3 Å². The Hall–Kier alpha value is -2.35. The standard InChI is InChI=1S/C24H28ClN5OS/c1-3-30-22(20-9-11-21(25)12-10-20)26-27-24(30)32-18(2)23(31)29-15-13-28(14-16-29)17-19-7-5-4-6-8-19/h4-12,18H,3,13-17H2,1-2H3. The minimum absolute atomic E-state index is 0.160. The van der Waals surface area contributed by atoms with Crippen LogP contribution in [0, 0.1) is 0 Å². The highest BCUT2D eigenvalue weighted by Gasteiger charge is 2.27. The third-order valence-corrected chi connectivity index (χ3v) is 7.02. The Bertz CT molecular complexity index is 1030. The molecule has 1 atom stereocenters. The molecule has 8 heteroatoms. The van der Waals surface area contributed by atoms with E-state index in [1.165, 1.54) is 17.3 Å². The first-order valence-corrected chi connectivity index (χ1v) is 12.2. The maximum absolute atomic E-state index is 13.1. The number of hydrogen-bond acceptors (Lipinski definition) is 5. The van der Waals surface area contributed by atoms with Gasteiger partial charge in [-0.2, -0.15) is 0 Å². The molecule has 1 saturated heterocycles. The van der Waals surface area contributed by atoms with Gasteiger partial charge in [0.25, 0.3) is 0 Å². The molecule has 0 N–H and O–H groups in total. The van der Waals surface area contributed by atoms with E-state index in [2.05, 4.69) is 50.9 Å². The molecule has 32 heavy (non-hydrogen) atoms. The van der Waals surface area contributed by atoms with Gasteiger partial charge in [-0.3, -0.25) is 9.69 Å². The number of aromatic nitrogens is 3. The van der Waals surface area contributed by atoms with Crippen LogP contribution in [-0.2, 0) is 17.9 Å². The molecule has 1 aliphatic heterocycles. The third kappa shape index (κ3) is 5.34. The van der Waals surface area contributed by atoms with E-state index in [1.54, 1.807) is 0 Å². The van der Waals surface area contributed by atoms with E-state index >= 15 is 0 Å². The van der Waals surface area contributed by atoms with E-state index < -0.39 is 0 Å². The van der Waals surface area contributed by atoms with Crippen molar-refractivity contribution in [1.82, 2.24) is 24.6 Å². The van der Waals surface area contributed by atoms with Crippen LogP contribution in [0.15, 0.2) is 59.8 Å². The summed E-state index contributed by atoms with van der Waals surface area (Å²) < 4.78 is 2.05. The van der Waals surface area contributed by atoms with Crippen LogP contribution in [0.5, 0.6) is 0 Å². The zero-order valence-electron chi connectivity index (χ0n) is 18.4. The predicted octanol–water partition coefficient (Wildman–Crippen LogP) is 4.44. The minimum atomic E-state index is -0.219. The molecule has 0 saturated carbocycles. The molecule has 1 aromatic heterocycles. The second-order valence-electron chi connectivity index (χ2n) is 7.90. The van der Waals surface area contributed by atoms with Crippen LogP contribution >= 0.6 is 23.4 Å². The Kier molecular flexibility index (Phi) is 7.50. The number of hydrogen-bond donors (Lipinski definition) is 0. The SMILES string of the molecule is CCn1c(SC(C)C(=O)N2CCN(Cc3ccccc3)CC2)nnc1-c1ccc(Cl)cc1. The molecule has 1 unspecified atom stereocenters. The highest BCUT2D eigenvalue weighted by Crippen LogP contribution is 2.28. The Balaban J connectivity index is 1.35. The summed E-state index contributed by atoms with van der Waals surface area (Å²) in [7, 11) is 0. The summed E-state index contributed by atoms with van der Waals surface area (Å²) in [6, 6.07) is 18.1. The zero-order valence-corrected chi connectivity index (χ0v) is 20.0. The number of carbonyl (C=O) groups is 1. The average molecular weight is 470 g/mol. The molecule has 4 rings (SSSR count). The molecule has 2 heterocycles.